The first-order valence-electron chi connectivity index (χ1n) is 9.41. The van der Waals surface area contributed by atoms with Gasteiger partial charge in [0.25, 0.3) is 0 Å². The van der Waals surface area contributed by atoms with Crippen LogP contribution < -0.4 is 10.2 Å². The van der Waals surface area contributed by atoms with Crippen molar-refractivity contribution < 1.29 is 4.39 Å². The van der Waals surface area contributed by atoms with Crippen LogP contribution in [0.5, 0.6) is 0 Å². The average molecular weight is 489 g/mol. The summed E-state index contributed by atoms with van der Waals surface area (Å²) in [5.41, 5.74) is 1.01. The second-order valence-corrected chi connectivity index (χ2v) is 9.00. The molecule has 0 bridgehead atoms. The van der Waals surface area contributed by atoms with Crippen molar-refractivity contribution in [2.45, 2.75) is 44.3 Å². The van der Waals surface area contributed by atoms with E-state index in [4.69, 9.17) is 16.6 Å². The zero-order valence-electron chi connectivity index (χ0n) is 16.3. The van der Waals surface area contributed by atoms with E-state index < -0.39 is 5.82 Å². The van der Waals surface area contributed by atoms with Gasteiger partial charge in [-0.25, -0.2) is 19.3 Å². The molecule has 1 aliphatic rings. The molecule has 28 heavy (non-hydrogen) atoms. The van der Waals surface area contributed by atoms with Crippen LogP contribution in [0, 0.1) is 5.82 Å². The lowest BCUT2D eigenvalue weighted by Gasteiger charge is -2.49. The van der Waals surface area contributed by atoms with Gasteiger partial charge in [0.05, 0.1) is 10.9 Å². The van der Waals surface area contributed by atoms with E-state index in [1.54, 1.807) is 0 Å². The molecule has 1 N–H and O–H groups in total. The predicted molar refractivity (Wildman–Crippen MR) is 119 cm³/mol. The van der Waals surface area contributed by atoms with Crippen LogP contribution in [-0.4, -0.2) is 45.9 Å². The fourth-order valence-corrected chi connectivity index (χ4v) is 5.15. The second kappa shape index (κ2) is 8.81. The van der Waals surface area contributed by atoms with Gasteiger partial charge in [-0.15, -0.1) is 0 Å². The van der Waals surface area contributed by atoms with Crippen LogP contribution in [0.15, 0.2) is 21.9 Å². The van der Waals surface area contributed by atoms with Crippen LogP contribution in [0.4, 0.5) is 10.2 Å². The lowest BCUT2D eigenvalue weighted by molar-refractivity contribution is 0.354. The minimum atomic E-state index is -0.618. The highest BCUT2D eigenvalue weighted by molar-refractivity contribution is 9.10. The normalized spacial score (nSPS) is 20.0. The maximum absolute atomic E-state index is 14.9. The monoisotopic (exact) mass is 487 g/mol. The fourth-order valence-electron chi connectivity index (χ4n) is 3.77. The summed E-state index contributed by atoms with van der Waals surface area (Å²) in [5.74, 6) is 0.844. The maximum atomic E-state index is 14.9. The number of hydrogen-bond donors (Lipinski definition) is 1. The van der Waals surface area contributed by atoms with Crippen LogP contribution in [0.2, 0.25) is 5.15 Å². The smallest absolute Gasteiger partial charge is 0.190 e. The third-order valence-electron chi connectivity index (χ3n) is 5.31. The molecule has 5 nitrogen and oxygen atoms in total. The van der Waals surface area contributed by atoms with Crippen molar-refractivity contribution in [1.29, 1.82) is 0 Å². The van der Waals surface area contributed by atoms with Crippen molar-refractivity contribution in [1.82, 2.24) is 20.3 Å². The Morgan fingerprint density at radius 1 is 1.36 bits per heavy atom. The van der Waals surface area contributed by atoms with Gasteiger partial charge in [-0.2, -0.15) is 0 Å². The number of halogens is 3. The van der Waals surface area contributed by atoms with Crippen LogP contribution in [0.25, 0.3) is 10.9 Å². The molecular formula is C19H24BrClFN5S. The predicted octanol–water partition coefficient (Wildman–Crippen LogP) is 5.22. The minimum Gasteiger partial charge on any atom is -0.344 e. The summed E-state index contributed by atoms with van der Waals surface area (Å²) in [6.45, 7) is 12.9. The molecule has 9 heteroatoms. The Kier molecular flexibility index (Phi) is 6.84. The minimum absolute atomic E-state index is 0.193. The molecule has 0 radical (unpaired) electrons. The van der Waals surface area contributed by atoms with Crippen LogP contribution >= 0.6 is 39.3 Å². The van der Waals surface area contributed by atoms with E-state index in [2.05, 4.69) is 56.5 Å². The number of pyridine rings is 1. The molecule has 1 unspecified atom stereocenters. The highest BCUT2D eigenvalue weighted by Crippen LogP contribution is 2.41. The molecule has 0 saturated carbocycles. The number of fused-ring (bicyclic) bond motifs is 1. The van der Waals surface area contributed by atoms with E-state index in [0.29, 0.717) is 21.0 Å². The first-order valence-corrected chi connectivity index (χ1v) is 11.6. The first kappa shape index (κ1) is 21.7. The molecule has 2 aromatic rings. The van der Waals surface area contributed by atoms with E-state index in [1.165, 1.54) is 11.8 Å². The Balaban J connectivity index is 2.33. The van der Waals surface area contributed by atoms with Crippen molar-refractivity contribution in [3.63, 3.8) is 0 Å². The van der Waals surface area contributed by atoms with Gasteiger partial charge >= 0.3 is 0 Å². The summed E-state index contributed by atoms with van der Waals surface area (Å²) in [5, 5.41) is 4.37. The number of thioether (sulfide) groups is 1. The number of nitrogens with zero attached hydrogens (tertiary/aromatic N) is 4. The number of hydrogen-bond acceptors (Lipinski definition) is 6. The quantitative estimate of drug-likeness (QED) is 0.260. The standard InChI is InChI=1S/C19H24BrClFN5S/c1-5-11(4)19(6-2)10-23-8-9-27(19)17-12-14(24-18(26-17)28-7-3)13(22)16(21)25-15(12)20/h23H,4-10H2,1-3H3. The number of piperazine rings is 1. The summed E-state index contributed by atoms with van der Waals surface area (Å²) in [6, 6.07) is 0. The molecule has 1 saturated heterocycles. The summed E-state index contributed by atoms with van der Waals surface area (Å²) in [6.07, 6.45) is 1.71. The van der Waals surface area contributed by atoms with Crippen molar-refractivity contribution in [2.75, 3.05) is 30.3 Å². The molecule has 3 heterocycles. The molecule has 0 spiro atoms. The van der Waals surface area contributed by atoms with Gasteiger partial charge in [-0.05, 0) is 34.5 Å². The zero-order valence-corrected chi connectivity index (χ0v) is 19.4. The third-order valence-corrected chi connectivity index (χ3v) is 6.86. The van der Waals surface area contributed by atoms with Crippen molar-refractivity contribution in [3.8, 4) is 0 Å². The fraction of sp³-hybridized carbons (Fsp3) is 0.526. The summed E-state index contributed by atoms with van der Waals surface area (Å²) >= 11 is 10.9. The summed E-state index contributed by atoms with van der Waals surface area (Å²) < 4.78 is 15.3. The van der Waals surface area contributed by atoms with E-state index >= 15 is 0 Å². The number of rotatable bonds is 6. The summed E-state index contributed by atoms with van der Waals surface area (Å²) in [7, 11) is 0. The van der Waals surface area contributed by atoms with Gasteiger partial charge in [0.2, 0.25) is 0 Å². The first-order chi connectivity index (χ1) is 13.4. The van der Waals surface area contributed by atoms with Crippen molar-refractivity contribution in [3.05, 3.63) is 27.7 Å². The third kappa shape index (κ3) is 3.64. The molecule has 0 amide bonds. The highest BCUT2D eigenvalue weighted by atomic mass is 79.9. The van der Waals surface area contributed by atoms with E-state index in [1.807, 2.05) is 6.92 Å². The van der Waals surface area contributed by atoms with E-state index in [9.17, 15) is 4.39 Å². The Hall–Kier alpha value is -0.960. The lowest BCUT2D eigenvalue weighted by atomic mass is 9.82. The Labute approximate surface area is 182 Å². The van der Waals surface area contributed by atoms with E-state index in [0.717, 1.165) is 43.8 Å². The molecule has 0 aromatic carbocycles. The van der Waals surface area contributed by atoms with Crippen LogP contribution in [-0.2, 0) is 0 Å². The van der Waals surface area contributed by atoms with Gasteiger partial charge in [0, 0.05) is 19.6 Å². The SMILES string of the molecule is C=C(CC)C1(CC)CNCCN1c1nc(SCC)nc2c(F)c(Cl)nc(Br)c12. The number of anilines is 1. The Bertz CT molecular complexity index is 912. The average Bonchev–Trinajstić information content (AvgIpc) is 2.70. The second-order valence-electron chi connectivity index (χ2n) is 6.66. The molecule has 2 aromatic heterocycles. The molecule has 1 aliphatic heterocycles. The summed E-state index contributed by atoms with van der Waals surface area (Å²) in [4.78, 5) is 15.6. The number of nitrogens with one attached hydrogen (secondary N) is 1. The van der Waals surface area contributed by atoms with Crippen molar-refractivity contribution >= 4 is 56.0 Å². The van der Waals surface area contributed by atoms with Gasteiger partial charge in [-0.3, -0.25) is 0 Å². The molecule has 152 valence electrons. The Morgan fingerprint density at radius 2 is 2.11 bits per heavy atom. The highest BCUT2D eigenvalue weighted by Gasteiger charge is 2.41. The van der Waals surface area contributed by atoms with Gasteiger partial charge in [0.1, 0.15) is 15.9 Å². The molecule has 1 fully saturated rings. The molecule has 0 aliphatic carbocycles. The maximum Gasteiger partial charge on any atom is 0.190 e. The van der Waals surface area contributed by atoms with Crippen molar-refractivity contribution in [2.24, 2.45) is 0 Å². The van der Waals surface area contributed by atoms with Crippen LogP contribution in [0.1, 0.15) is 33.6 Å². The largest absolute Gasteiger partial charge is 0.344 e. The van der Waals surface area contributed by atoms with Gasteiger partial charge in [0.15, 0.2) is 16.1 Å². The number of aromatic nitrogens is 3. The van der Waals surface area contributed by atoms with E-state index in [-0.39, 0.29) is 16.2 Å². The van der Waals surface area contributed by atoms with Crippen LogP contribution in [0.3, 0.4) is 0 Å². The Morgan fingerprint density at radius 3 is 2.75 bits per heavy atom. The molecule has 3 rings (SSSR count). The molecular weight excluding hydrogens is 465 g/mol. The topological polar surface area (TPSA) is 53.9 Å². The molecule has 1 atom stereocenters. The van der Waals surface area contributed by atoms with Gasteiger partial charge in [-0.1, -0.05) is 56.3 Å². The lowest BCUT2D eigenvalue weighted by Crippen LogP contribution is -2.62. The van der Waals surface area contributed by atoms with Gasteiger partial charge < -0.3 is 10.2 Å². The zero-order chi connectivity index (χ0) is 20.5.